The van der Waals surface area contributed by atoms with E-state index in [2.05, 4.69) is 56.3 Å². The molecule has 0 aromatic heterocycles. The molecular formula is C31H48O. The Balaban J connectivity index is 1.89. The fourth-order valence-electron chi connectivity index (χ4n) is 4.55. The zero-order valence-electron chi connectivity index (χ0n) is 21.0. The van der Waals surface area contributed by atoms with Gasteiger partial charge in [0.2, 0.25) is 0 Å². The van der Waals surface area contributed by atoms with Crippen LogP contribution in [-0.4, -0.2) is 0 Å². The summed E-state index contributed by atoms with van der Waals surface area (Å²) < 4.78 is 6.34. The summed E-state index contributed by atoms with van der Waals surface area (Å²) in [5.74, 6) is 2.01. The Morgan fingerprint density at radius 2 is 1.03 bits per heavy atom. The van der Waals surface area contributed by atoms with E-state index in [-0.39, 0.29) is 0 Å². The first-order valence-electron chi connectivity index (χ1n) is 13.7. The Labute approximate surface area is 199 Å². The van der Waals surface area contributed by atoms with Crippen LogP contribution in [0.1, 0.15) is 121 Å². The molecule has 0 atom stereocenters. The smallest absolute Gasteiger partial charge is 0.130 e. The normalized spacial score (nSPS) is 11.1. The van der Waals surface area contributed by atoms with Crippen molar-refractivity contribution in [1.29, 1.82) is 0 Å². The summed E-state index contributed by atoms with van der Waals surface area (Å²) in [6.45, 7) is 4.58. The molecule has 0 aliphatic carbocycles. The first-order chi connectivity index (χ1) is 15.8. The van der Waals surface area contributed by atoms with Gasteiger partial charge in [-0.3, -0.25) is 0 Å². The van der Waals surface area contributed by atoms with Gasteiger partial charge in [0.15, 0.2) is 0 Å². The Kier molecular flexibility index (Phi) is 14.7. The van der Waals surface area contributed by atoms with Gasteiger partial charge >= 0.3 is 0 Å². The van der Waals surface area contributed by atoms with E-state index < -0.39 is 0 Å². The molecule has 0 aliphatic rings. The molecule has 0 spiro atoms. The molecule has 2 aromatic rings. The molecule has 2 rings (SSSR count). The Morgan fingerprint density at radius 1 is 0.500 bits per heavy atom. The monoisotopic (exact) mass is 436 g/mol. The van der Waals surface area contributed by atoms with Crippen LogP contribution < -0.4 is 4.74 Å². The van der Waals surface area contributed by atoms with E-state index in [1.165, 1.54) is 114 Å². The average Bonchev–Trinajstić information content (AvgIpc) is 2.82. The summed E-state index contributed by atoms with van der Waals surface area (Å²) >= 11 is 0. The molecule has 32 heavy (non-hydrogen) atoms. The minimum Gasteiger partial charge on any atom is -0.457 e. The van der Waals surface area contributed by atoms with Crippen LogP contribution in [0.15, 0.2) is 48.5 Å². The number of para-hydroxylation sites is 1. The molecule has 1 nitrogen and oxygen atoms in total. The number of benzene rings is 2. The maximum absolute atomic E-state index is 6.34. The number of unbranched alkanes of at least 4 members (excludes halogenated alkanes) is 13. The van der Waals surface area contributed by atoms with E-state index in [1.807, 2.05) is 6.07 Å². The number of hydrogen-bond acceptors (Lipinski definition) is 1. The van der Waals surface area contributed by atoms with Crippen LogP contribution in [0.3, 0.4) is 0 Å². The predicted molar refractivity (Wildman–Crippen MR) is 141 cm³/mol. The summed E-state index contributed by atoms with van der Waals surface area (Å²) in [5.41, 5.74) is 2.96. The first kappa shape index (κ1) is 26.5. The second kappa shape index (κ2) is 17.8. The lowest BCUT2D eigenvalue weighted by atomic mass is 9.95. The molecule has 0 saturated heterocycles. The number of rotatable bonds is 19. The van der Waals surface area contributed by atoms with Crippen molar-refractivity contribution >= 4 is 0 Å². The molecule has 0 saturated carbocycles. The van der Waals surface area contributed by atoms with Crippen LogP contribution in [-0.2, 0) is 12.8 Å². The molecule has 0 bridgehead atoms. The molecule has 178 valence electrons. The van der Waals surface area contributed by atoms with Gasteiger partial charge in [-0.1, -0.05) is 128 Å². The fraction of sp³-hybridized carbons (Fsp3) is 0.613. The zero-order chi connectivity index (χ0) is 22.7. The predicted octanol–water partition coefficient (Wildman–Crippen LogP) is 10.5. The topological polar surface area (TPSA) is 9.23 Å². The number of hydrogen-bond donors (Lipinski definition) is 0. The Morgan fingerprint density at radius 3 is 1.62 bits per heavy atom. The standard InChI is InChI=1S/C31H48O/c1-3-5-7-9-11-13-15-20-26-30-28(22-17-14-12-10-8-6-4-2)23-21-27-31(30)32-29-24-18-16-19-25-29/h16,18-19,21,23-25,27H,3-15,17,20,22,26H2,1-2H3. The van der Waals surface area contributed by atoms with E-state index in [4.69, 9.17) is 4.74 Å². The molecule has 0 aliphatic heterocycles. The molecule has 0 radical (unpaired) electrons. The van der Waals surface area contributed by atoms with E-state index >= 15 is 0 Å². The summed E-state index contributed by atoms with van der Waals surface area (Å²) in [6, 6.07) is 17.0. The van der Waals surface area contributed by atoms with E-state index in [9.17, 15) is 0 Å². The van der Waals surface area contributed by atoms with Gasteiger partial charge in [-0.05, 0) is 55.0 Å². The molecule has 0 amide bonds. The van der Waals surface area contributed by atoms with Crippen molar-refractivity contribution in [3.63, 3.8) is 0 Å². The van der Waals surface area contributed by atoms with Crippen molar-refractivity contribution in [2.45, 2.75) is 123 Å². The lowest BCUT2D eigenvalue weighted by molar-refractivity contribution is 0.472. The Bertz CT molecular complexity index is 691. The van der Waals surface area contributed by atoms with Crippen molar-refractivity contribution < 1.29 is 4.74 Å². The lowest BCUT2D eigenvalue weighted by Crippen LogP contribution is -1.99. The highest BCUT2D eigenvalue weighted by atomic mass is 16.5. The number of ether oxygens (including phenoxy) is 1. The Hall–Kier alpha value is -1.76. The summed E-state index contributed by atoms with van der Waals surface area (Å²) in [5, 5.41) is 0. The molecule has 0 unspecified atom stereocenters. The molecule has 2 aromatic carbocycles. The van der Waals surface area contributed by atoms with Gasteiger partial charge in [-0.25, -0.2) is 0 Å². The second-order valence-electron chi connectivity index (χ2n) is 9.41. The van der Waals surface area contributed by atoms with E-state index in [0.717, 1.165) is 17.9 Å². The molecule has 1 heteroatoms. The average molecular weight is 437 g/mol. The van der Waals surface area contributed by atoms with Crippen LogP contribution in [0.5, 0.6) is 11.5 Å². The maximum Gasteiger partial charge on any atom is 0.130 e. The third-order valence-electron chi connectivity index (χ3n) is 6.53. The van der Waals surface area contributed by atoms with Crippen molar-refractivity contribution in [3.05, 3.63) is 59.7 Å². The van der Waals surface area contributed by atoms with Gasteiger partial charge in [0.1, 0.15) is 11.5 Å². The van der Waals surface area contributed by atoms with Crippen molar-refractivity contribution in [3.8, 4) is 11.5 Å². The van der Waals surface area contributed by atoms with Gasteiger partial charge in [-0.15, -0.1) is 0 Å². The van der Waals surface area contributed by atoms with Crippen LogP contribution in [0, 0.1) is 0 Å². The molecule has 0 heterocycles. The van der Waals surface area contributed by atoms with Gasteiger partial charge in [-0.2, -0.15) is 0 Å². The third kappa shape index (κ3) is 11.2. The van der Waals surface area contributed by atoms with Crippen LogP contribution in [0.25, 0.3) is 0 Å². The van der Waals surface area contributed by atoms with Crippen LogP contribution >= 0.6 is 0 Å². The summed E-state index contributed by atoms with van der Waals surface area (Å²) in [7, 11) is 0. The highest BCUT2D eigenvalue weighted by Gasteiger charge is 2.11. The third-order valence-corrected chi connectivity index (χ3v) is 6.53. The van der Waals surface area contributed by atoms with Crippen molar-refractivity contribution in [2.75, 3.05) is 0 Å². The second-order valence-corrected chi connectivity index (χ2v) is 9.41. The summed E-state index contributed by atoms with van der Waals surface area (Å²) in [6.07, 6.45) is 22.8. The fourth-order valence-corrected chi connectivity index (χ4v) is 4.55. The largest absolute Gasteiger partial charge is 0.457 e. The highest BCUT2D eigenvalue weighted by Crippen LogP contribution is 2.30. The van der Waals surface area contributed by atoms with Crippen molar-refractivity contribution in [2.24, 2.45) is 0 Å². The highest BCUT2D eigenvalue weighted by molar-refractivity contribution is 5.43. The van der Waals surface area contributed by atoms with Crippen LogP contribution in [0.4, 0.5) is 0 Å². The molecule has 0 N–H and O–H groups in total. The minimum atomic E-state index is 0.942. The van der Waals surface area contributed by atoms with E-state index in [0.29, 0.717) is 0 Å². The van der Waals surface area contributed by atoms with Gasteiger partial charge < -0.3 is 4.74 Å². The first-order valence-corrected chi connectivity index (χ1v) is 13.7. The summed E-state index contributed by atoms with van der Waals surface area (Å²) in [4.78, 5) is 0. The zero-order valence-corrected chi connectivity index (χ0v) is 21.0. The van der Waals surface area contributed by atoms with Crippen LogP contribution in [0.2, 0.25) is 0 Å². The van der Waals surface area contributed by atoms with Gasteiger partial charge in [0.05, 0.1) is 0 Å². The van der Waals surface area contributed by atoms with Crippen molar-refractivity contribution in [1.82, 2.24) is 0 Å². The van der Waals surface area contributed by atoms with Gasteiger partial charge in [0.25, 0.3) is 0 Å². The molecular weight excluding hydrogens is 388 g/mol. The lowest BCUT2D eigenvalue weighted by Gasteiger charge is -2.16. The minimum absolute atomic E-state index is 0.942. The number of aryl methyl sites for hydroxylation is 1. The van der Waals surface area contributed by atoms with Gasteiger partial charge in [0, 0.05) is 0 Å². The maximum atomic E-state index is 6.34. The SMILES string of the molecule is CCCCCCCCCCc1c(CCCCCCCCC)cccc1Oc1ccccc1. The molecule has 0 fully saturated rings. The van der Waals surface area contributed by atoms with E-state index in [1.54, 1.807) is 0 Å². The quantitative estimate of drug-likeness (QED) is 0.199.